The molecule has 0 aliphatic heterocycles. The van der Waals surface area contributed by atoms with Crippen LogP contribution in [0.25, 0.3) is 0 Å². The van der Waals surface area contributed by atoms with Crippen LogP contribution in [0, 0.1) is 16.7 Å². The number of nitrogens with two attached hydrogens (primary N) is 1. The van der Waals surface area contributed by atoms with Crippen molar-refractivity contribution in [2.75, 3.05) is 0 Å². The summed E-state index contributed by atoms with van der Waals surface area (Å²) >= 11 is 4.78. The molecule has 0 aromatic carbocycles. The Morgan fingerprint density at radius 3 is 2.59 bits per heavy atom. The molecule has 2 rings (SSSR count). The Balaban J connectivity index is 2.10. The monoisotopic (exact) mass is 254 g/mol. The fourth-order valence-corrected chi connectivity index (χ4v) is 4.16. The van der Waals surface area contributed by atoms with E-state index >= 15 is 0 Å². The normalized spacial score (nSPS) is 38.1. The first-order valence-corrected chi connectivity index (χ1v) is 6.74. The highest BCUT2D eigenvalue weighted by molar-refractivity contribution is 7.80. The summed E-state index contributed by atoms with van der Waals surface area (Å²) in [5.74, 6) is 0.715. The van der Waals surface area contributed by atoms with Crippen molar-refractivity contribution in [1.82, 2.24) is 5.32 Å². The largest absolute Gasteiger partial charge is 0.393 e. The van der Waals surface area contributed by atoms with Crippen molar-refractivity contribution in [2.45, 2.75) is 52.5 Å². The Morgan fingerprint density at radius 2 is 2.12 bits per heavy atom. The lowest BCUT2D eigenvalue weighted by molar-refractivity contribution is -0.122. The topological polar surface area (TPSA) is 55.1 Å². The molecule has 4 heteroatoms. The average molecular weight is 254 g/mol. The molecule has 3 nitrogen and oxygen atoms in total. The van der Waals surface area contributed by atoms with Gasteiger partial charge in [0.25, 0.3) is 0 Å². The number of fused-ring (bicyclic) bond motifs is 2. The van der Waals surface area contributed by atoms with Crippen LogP contribution in [0.15, 0.2) is 0 Å². The van der Waals surface area contributed by atoms with E-state index in [1.807, 2.05) is 0 Å². The van der Waals surface area contributed by atoms with Gasteiger partial charge in [0.05, 0.1) is 11.4 Å². The van der Waals surface area contributed by atoms with Crippen LogP contribution in [0.3, 0.4) is 0 Å². The van der Waals surface area contributed by atoms with E-state index in [1.54, 1.807) is 0 Å². The van der Waals surface area contributed by atoms with Gasteiger partial charge in [-0.05, 0) is 36.0 Å². The third-order valence-electron chi connectivity index (χ3n) is 4.91. The number of carbonyl (C=O) groups is 1. The fourth-order valence-electron chi connectivity index (χ4n) is 4.03. The molecule has 2 aliphatic rings. The Kier molecular flexibility index (Phi) is 2.97. The van der Waals surface area contributed by atoms with E-state index in [1.165, 1.54) is 19.3 Å². The molecule has 2 fully saturated rings. The number of rotatable bonds is 3. The zero-order valence-corrected chi connectivity index (χ0v) is 11.7. The minimum Gasteiger partial charge on any atom is -0.393 e. The number of hydrogen-bond acceptors (Lipinski definition) is 2. The first-order valence-electron chi connectivity index (χ1n) is 6.33. The third-order valence-corrected chi connectivity index (χ3v) is 5.05. The van der Waals surface area contributed by atoms with Crippen LogP contribution in [-0.2, 0) is 4.79 Å². The zero-order valence-electron chi connectivity index (χ0n) is 10.9. The molecule has 0 aromatic heterocycles. The number of carbonyl (C=O) groups excluding carboxylic acids is 1. The van der Waals surface area contributed by atoms with Crippen molar-refractivity contribution in [1.29, 1.82) is 0 Å². The summed E-state index contributed by atoms with van der Waals surface area (Å²) in [4.78, 5) is 12.1. The van der Waals surface area contributed by atoms with Gasteiger partial charge in [-0.25, -0.2) is 0 Å². The lowest BCUT2D eigenvalue weighted by atomic mass is 9.68. The molecule has 0 aromatic rings. The molecule has 0 radical (unpaired) electrons. The second-order valence-electron chi connectivity index (χ2n) is 6.56. The third kappa shape index (κ3) is 2.07. The molecule has 17 heavy (non-hydrogen) atoms. The molecule has 3 unspecified atom stereocenters. The number of amides is 1. The van der Waals surface area contributed by atoms with E-state index in [9.17, 15) is 4.79 Å². The van der Waals surface area contributed by atoms with Gasteiger partial charge in [-0.1, -0.05) is 33.0 Å². The van der Waals surface area contributed by atoms with Crippen LogP contribution >= 0.6 is 12.2 Å². The SMILES string of the molecule is CC12CCC(C1)C(C)(C)C2NC(=O)CC(N)=S. The second kappa shape index (κ2) is 3.94. The molecular formula is C13H22N2OS. The minimum absolute atomic E-state index is 0.0237. The van der Waals surface area contributed by atoms with Crippen molar-refractivity contribution in [3.63, 3.8) is 0 Å². The fraction of sp³-hybridized carbons (Fsp3) is 0.846. The Labute approximate surface area is 109 Å². The number of hydrogen-bond donors (Lipinski definition) is 2. The zero-order chi connectivity index (χ0) is 12.8. The highest BCUT2D eigenvalue weighted by Crippen LogP contribution is 2.62. The minimum atomic E-state index is -0.0237. The molecule has 2 bridgehead atoms. The van der Waals surface area contributed by atoms with Gasteiger partial charge in [-0.15, -0.1) is 0 Å². The Bertz CT molecular complexity index is 362. The molecule has 0 saturated heterocycles. The summed E-state index contributed by atoms with van der Waals surface area (Å²) in [7, 11) is 0. The van der Waals surface area contributed by atoms with Crippen LogP contribution in [-0.4, -0.2) is 16.9 Å². The van der Waals surface area contributed by atoms with Gasteiger partial charge in [0.2, 0.25) is 5.91 Å². The summed E-state index contributed by atoms with van der Waals surface area (Å²) in [6.07, 6.45) is 3.92. The molecule has 0 heterocycles. The van der Waals surface area contributed by atoms with Crippen molar-refractivity contribution >= 4 is 23.1 Å². The molecule has 1 amide bonds. The molecule has 0 spiro atoms. The van der Waals surface area contributed by atoms with Crippen LogP contribution in [0.5, 0.6) is 0 Å². The van der Waals surface area contributed by atoms with Crippen LogP contribution in [0.2, 0.25) is 0 Å². The van der Waals surface area contributed by atoms with Gasteiger partial charge in [-0.2, -0.15) is 0 Å². The summed E-state index contributed by atoms with van der Waals surface area (Å²) in [6, 6.07) is 0.260. The van der Waals surface area contributed by atoms with Gasteiger partial charge in [0, 0.05) is 6.04 Å². The van der Waals surface area contributed by atoms with Crippen molar-refractivity contribution in [3.8, 4) is 0 Å². The van der Waals surface area contributed by atoms with Gasteiger partial charge in [0.1, 0.15) is 0 Å². The van der Waals surface area contributed by atoms with E-state index in [0.29, 0.717) is 0 Å². The highest BCUT2D eigenvalue weighted by atomic mass is 32.1. The predicted octanol–water partition coefficient (Wildman–Crippen LogP) is 1.99. The smallest absolute Gasteiger partial charge is 0.227 e. The van der Waals surface area contributed by atoms with Crippen LogP contribution in [0.4, 0.5) is 0 Å². The molecular weight excluding hydrogens is 232 g/mol. The summed E-state index contributed by atoms with van der Waals surface area (Å²) in [5, 5.41) is 3.17. The summed E-state index contributed by atoms with van der Waals surface area (Å²) in [5.41, 5.74) is 5.87. The standard InChI is InChI=1S/C13H22N2OS/c1-12(2)8-4-5-13(3,7-8)11(12)15-10(16)6-9(14)17/h8,11H,4-7H2,1-3H3,(H2,14,17)(H,15,16). The lowest BCUT2D eigenvalue weighted by Gasteiger charge is -2.43. The van der Waals surface area contributed by atoms with E-state index in [-0.39, 0.29) is 34.2 Å². The summed E-state index contributed by atoms with van der Waals surface area (Å²) < 4.78 is 0. The van der Waals surface area contributed by atoms with Crippen molar-refractivity contribution < 1.29 is 4.79 Å². The highest BCUT2D eigenvalue weighted by Gasteiger charge is 2.59. The van der Waals surface area contributed by atoms with Crippen molar-refractivity contribution in [2.24, 2.45) is 22.5 Å². The first kappa shape index (κ1) is 12.8. The maximum Gasteiger partial charge on any atom is 0.227 e. The molecule has 96 valence electrons. The maximum absolute atomic E-state index is 11.8. The molecule has 2 saturated carbocycles. The molecule has 2 aliphatic carbocycles. The van der Waals surface area contributed by atoms with E-state index in [2.05, 4.69) is 26.1 Å². The quantitative estimate of drug-likeness (QED) is 0.757. The average Bonchev–Trinajstić information content (AvgIpc) is 2.63. The second-order valence-corrected chi connectivity index (χ2v) is 7.08. The van der Waals surface area contributed by atoms with Crippen molar-refractivity contribution in [3.05, 3.63) is 0 Å². The van der Waals surface area contributed by atoms with Crippen LogP contribution in [0.1, 0.15) is 46.5 Å². The summed E-state index contributed by atoms with van der Waals surface area (Å²) in [6.45, 7) is 6.84. The van der Waals surface area contributed by atoms with E-state index < -0.39 is 0 Å². The maximum atomic E-state index is 11.8. The Morgan fingerprint density at radius 1 is 1.47 bits per heavy atom. The molecule has 3 N–H and O–H groups in total. The number of nitrogens with one attached hydrogen (secondary N) is 1. The first-order chi connectivity index (χ1) is 7.75. The van der Waals surface area contributed by atoms with Gasteiger partial charge in [-0.3, -0.25) is 4.79 Å². The van der Waals surface area contributed by atoms with Crippen LogP contribution < -0.4 is 11.1 Å². The van der Waals surface area contributed by atoms with E-state index in [0.717, 1.165) is 5.92 Å². The predicted molar refractivity (Wildman–Crippen MR) is 72.6 cm³/mol. The Hall–Kier alpha value is -0.640. The van der Waals surface area contributed by atoms with Gasteiger partial charge in [0.15, 0.2) is 0 Å². The van der Waals surface area contributed by atoms with Gasteiger partial charge < -0.3 is 11.1 Å². The lowest BCUT2D eigenvalue weighted by Crippen LogP contribution is -2.52. The van der Waals surface area contributed by atoms with Gasteiger partial charge >= 0.3 is 0 Å². The molecule has 3 atom stereocenters. The van der Waals surface area contributed by atoms with E-state index in [4.69, 9.17) is 18.0 Å². The number of thiocarbonyl (C=S) groups is 1.